The van der Waals surface area contributed by atoms with Crippen LogP contribution in [0.15, 0.2) is 82.7 Å². The Kier molecular flexibility index (Phi) is 6.18. The van der Waals surface area contributed by atoms with Gasteiger partial charge in [-0.05, 0) is 54.8 Å². The number of nitrogens with zero attached hydrogens (tertiary/aromatic N) is 2. The highest BCUT2D eigenvalue weighted by molar-refractivity contribution is 7.99. The van der Waals surface area contributed by atoms with Crippen LogP contribution < -0.4 is 10.9 Å². The lowest BCUT2D eigenvalue weighted by Gasteiger charge is -2.14. The van der Waals surface area contributed by atoms with E-state index in [0.717, 1.165) is 22.4 Å². The van der Waals surface area contributed by atoms with Crippen molar-refractivity contribution < 1.29 is 4.79 Å². The SMILES string of the molecule is Cc1cc(C)cc(-n2c(SCC(=O)NCc3ccccc3)nc3ccccc3c2=O)c1. The molecule has 0 saturated heterocycles. The maximum absolute atomic E-state index is 13.3. The van der Waals surface area contributed by atoms with Crippen LogP contribution in [0.25, 0.3) is 16.6 Å². The molecule has 1 aromatic heterocycles. The summed E-state index contributed by atoms with van der Waals surface area (Å²) in [7, 11) is 0. The van der Waals surface area contributed by atoms with Gasteiger partial charge in [0.2, 0.25) is 5.91 Å². The number of hydrogen-bond acceptors (Lipinski definition) is 4. The molecule has 0 saturated carbocycles. The molecule has 4 rings (SSSR count). The average molecular weight is 430 g/mol. The Labute approximate surface area is 185 Å². The lowest BCUT2D eigenvalue weighted by Crippen LogP contribution is -2.26. The third-order valence-corrected chi connectivity index (χ3v) is 5.81. The van der Waals surface area contributed by atoms with Crippen LogP contribution in [-0.2, 0) is 11.3 Å². The highest BCUT2D eigenvalue weighted by atomic mass is 32.2. The molecule has 6 heteroatoms. The number of amides is 1. The first-order valence-corrected chi connectivity index (χ1v) is 11.0. The van der Waals surface area contributed by atoms with Crippen molar-refractivity contribution in [3.63, 3.8) is 0 Å². The van der Waals surface area contributed by atoms with Gasteiger partial charge in [-0.25, -0.2) is 4.98 Å². The van der Waals surface area contributed by atoms with Crippen molar-refractivity contribution in [3.8, 4) is 5.69 Å². The minimum Gasteiger partial charge on any atom is -0.351 e. The van der Waals surface area contributed by atoms with Crippen molar-refractivity contribution in [1.29, 1.82) is 0 Å². The summed E-state index contributed by atoms with van der Waals surface area (Å²) >= 11 is 1.27. The molecule has 0 atom stereocenters. The van der Waals surface area contributed by atoms with Crippen LogP contribution in [0, 0.1) is 13.8 Å². The largest absolute Gasteiger partial charge is 0.351 e. The molecule has 1 N–H and O–H groups in total. The highest BCUT2D eigenvalue weighted by Crippen LogP contribution is 2.22. The average Bonchev–Trinajstić information content (AvgIpc) is 2.76. The van der Waals surface area contributed by atoms with Crippen LogP contribution in [0.2, 0.25) is 0 Å². The smallest absolute Gasteiger partial charge is 0.266 e. The maximum atomic E-state index is 13.3. The predicted molar refractivity (Wildman–Crippen MR) is 126 cm³/mol. The molecule has 156 valence electrons. The number of nitrogens with one attached hydrogen (secondary N) is 1. The van der Waals surface area contributed by atoms with Gasteiger partial charge in [-0.3, -0.25) is 14.2 Å². The molecule has 0 unspecified atom stereocenters. The Bertz CT molecular complexity index is 1280. The topological polar surface area (TPSA) is 64.0 Å². The van der Waals surface area contributed by atoms with Crippen molar-refractivity contribution in [1.82, 2.24) is 14.9 Å². The zero-order chi connectivity index (χ0) is 21.8. The van der Waals surface area contributed by atoms with Gasteiger partial charge >= 0.3 is 0 Å². The zero-order valence-electron chi connectivity index (χ0n) is 17.5. The van der Waals surface area contributed by atoms with E-state index in [1.807, 2.05) is 74.5 Å². The molecule has 1 amide bonds. The quantitative estimate of drug-likeness (QED) is 0.364. The van der Waals surface area contributed by atoms with Gasteiger partial charge in [0, 0.05) is 6.54 Å². The lowest BCUT2D eigenvalue weighted by molar-refractivity contribution is -0.118. The number of fused-ring (bicyclic) bond motifs is 1. The molecule has 0 fully saturated rings. The number of thioether (sulfide) groups is 1. The summed E-state index contributed by atoms with van der Waals surface area (Å²) in [5, 5.41) is 3.98. The first-order valence-electron chi connectivity index (χ1n) is 10.0. The van der Waals surface area contributed by atoms with Gasteiger partial charge in [-0.15, -0.1) is 0 Å². The van der Waals surface area contributed by atoms with E-state index in [4.69, 9.17) is 4.98 Å². The van der Waals surface area contributed by atoms with Gasteiger partial charge in [-0.1, -0.05) is 60.3 Å². The van der Waals surface area contributed by atoms with Gasteiger partial charge in [0.1, 0.15) is 0 Å². The van der Waals surface area contributed by atoms with Crippen LogP contribution in [0.1, 0.15) is 16.7 Å². The van der Waals surface area contributed by atoms with E-state index in [1.165, 1.54) is 11.8 Å². The summed E-state index contributed by atoms with van der Waals surface area (Å²) in [6.45, 7) is 4.47. The minimum absolute atomic E-state index is 0.108. The molecule has 4 aromatic rings. The molecule has 31 heavy (non-hydrogen) atoms. The second-order valence-corrected chi connectivity index (χ2v) is 8.39. The fourth-order valence-corrected chi connectivity index (χ4v) is 4.34. The Balaban J connectivity index is 1.64. The van der Waals surface area contributed by atoms with E-state index in [-0.39, 0.29) is 17.2 Å². The fraction of sp³-hybridized carbons (Fsp3) is 0.160. The first-order chi connectivity index (χ1) is 15.0. The number of carbonyl (C=O) groups is 1. The van der Waals surface area contributed by atoms with Crippen molar-refractivity contribution in [3.05, 3.63) is 99.8 Å². The minimum atomic E-state index is -0.136. The van der Waals surface area contributed by atoms with Crippen LogP contribution in [-0.4, -0.2) is 21.2 Å². The van der Waals surface area contributed by atoms with Crippen molar-refractivity contribution in [2.24, 2.45) is 0 Å². The molecule has 0 aliphatic heterocycles. The maximum Gasteiger partial charge on any atom is 0.266 e. The van der Waals surface area contributed by atoms with Crippen molar-refractivity contribution in [2.75, 3.05) is 5.75 Å². The normalized spacial score (nSPS) is 10.9. The summed E-state index contributed by atoms with van der Waals surface area (Å²) in [5.74, 6) is 0.0609. The van der Waals surface area contributed by atoms with Gasteiger partial charge in [-0.2, -0.15) is 0 Å². The zero-order valence-corrected chi connectivity index (χ0v) is 18.3. The standard InChI is InChI=1S/C25H23N3O2S/c1-17-12-18(2)14-20(13-17)28-24(30)21-10-6-7-11-22(21)27-25(28)31-16-23(29)26-15-19-8-4-3-5-9-19/h3-14H,15-16H2,1-2H3,(H,26,29). The Morgan fingerprint density at radius 2 is 1.65 bits per heavy atom. The third kappa shape index (κ3) is 4.86. The second-order valence-electron chi connectivity index (χ2n) is 7.45. The second kappa shape index (κ2) is 9.18. The molecule has 0 spiro atoms. The summed E-state index contributed by atoms with van der Waals surface area (Å²) in [6, 6.07) is 23.0. The molecule has 0 aliphatic rings. The molecule has 0 bridgehead atoms. The summed E-state index contributed by atoms with van der Waals surface area (Å²) in [6.07, 6.45) is 0. The Morgan fingerprint density at radius 1 is 0.968 bits per heavy atom. The molecular formula is C25H23N3O2S. The molecule has 5 nitrogen and oxygen atoms in total. The fourth-order valence-electron chi connectivity index (χ4n) is 3.49. The Hall–Kier alpha value is -3.38. The predicted octanol–water partition coefficient (Wildman–Crippen LogP) is 4.41. The molecule has 3 aromatic carbocycles. The van der Waals surface area contributed by atoms with Gasteiger partial charge in [0.05, 0.1) is 22.3 Å². The number of rotatable bonds is 6. The van der Waals surface area contributed by atoms with Crippen molar-refractivity contribution in [2.45, 2.75) is 25.5 Å². The number of para-hydroxylation sites is 1. The van der Waals surface area contributed by atoms with Crippen LogP contribution >= 0.6 is 11.8 Å². The molecule has 0 aliphatic carbocycles. The van der Waals surface area contributed by atoms with E-state index in [1.54, 1.807) is 10.6 Å². The summed E-state index contributed by atoms with van der Waals surface area (Å²) < 4.78 is 1.61. The van der Waals surface area contributed by atoms with E-state index < -0.39 is 0 Å². The van der Waals surface area contributed by atoms with Gasteiger partial charge in [0.15, 0.2) is 5.16 Å². The Morgan fingerprint density at radius 3 is 2.39 bits per heavy atom. The van der Waals surface area contributed by atoms with E-state index >= 15 is 0 Å². The van der Waals surface area contributed by atoms with Crippen LogP contribution in [0.4, 0.5) is 0 Å². The van der Waals surface area contributed by atoms with Gasteiger partial charge in [0.25, 0.3) is 5.56 Å². The number of carbonyl (C=O) groups excluding carboxylic acids is 1. The number of aromatic nitrogens is 2. The number of benzene rings is 3. The monoisotopic (exact) mass is 429 g/mol. The van der Waals surface area contributed by atoms with E-state index in [2.05, 4.69) is 11.4 Å². The summed E-state index contributed by atoms with van der Waals surface area (Å²) in [4.78, 5) is 30.5. The molecule has 0 radical (unpaired) electrons. The molecular weight excluding hydrogens is 406 g/mol. The summed E-state index contributed by atoms with van der Waals surface area (Å²) in [5.41, 5.74) is 4.41. The van der Waals surface area contributed by atoms with Crippen LogP contribution in [0.3, 0.4) is 0 Å². The lowest BCUT2D eigenvalue weighted by atomic mass is 10.1. The highest BCUT2D eigenvalue weighted by Gasteiger charge is 2.15. The third-order valence-electron chi connectivity index (χ3n) is 4.87. The van der Waals surface area contributed by atoms with E-state index in [0.29, 0.717) is 22.6 Å². The number of hydrogen-bond donors (Lipinski definition) is 1. The first kappa shape index (κ1) is 20.9. The molecule has 1 heterocycles. The van der Waals surface area contributed by atoms with Crippen molar-refractivity contribution >= 4 is 28.6 Å². The number of aryl methyl sites for hydroxylation is 2. The van der Waals surface area contributed by atoms with Crippen LogP contribution in [0.5, 0.6) is 0 Å². The van der Waals surface area contributed by atoms with Gasteiger partial charge < -0.3 is 5.32 Å². The van der Waals surface area contributed by atoms with E-state index in [9.17, 15) is 9.59 Å².